The van der Waals surface area contributed by atoms with Crippen LogP contribution in [0.3, 0.4) is 0 Å². The molecule has 5 aromatic rings. The number of allylic oxidation sites excluding steroid dienone is 5. The van der Waals surface area contributed by atoms with Gasteiger partial charge >= 0.3 is 0 Å². The molecule has 0 atom stereocenters. The fourth-order valence-corrected chi connectivity index (χ4v) is 12.9. The predicted molar refractivity (Wildman–Crippen MR) is 266 cm³/mol. The van der Waals surface area contributed by atoms with Crippen LogP contribution in [0.2, 0.25) is 5.02 Å². The number of thioether (sulfide) groups is 1. The van der Waals surface area contributed by atoms with Crippen LogP contribution in [0.4, 0.5) is 17.1 Å². The van der Waals surface area contributed by atoms with Gasteiger partial charge in [-0.3, -0.25) is 9.59 Å². The van der Waals surface area contributed by atoms with Gasteiger partial charge in [0, 0.05) is 70.0 Å². The van der Waals surface area contributed by atoms with E-state index in [-0.39, 0.29) is 57.2 Å². The summed E-state index contributed by atoms with van der Waals surface area (Å²) in [5, 5.41) is 44.7. The van der Waals surface area contributed by atoms with Gasteiger partial charge in [0.05, 0.1) is 43.3 Å². The fraction of sp³-hybridized carbons (Fsp3) is 0.357. The van der Waals surface area contributed by atoms with Gasteiger partial charge in [0.15, 0.2) is 11.6 Å². The zero-order valence-electron chi connectivity index (χ0n) is 39.7. The molecule has 9 nitrogen and oxygen atoms in total. The number of fused-ring (bicyclic) bond motifs is 1. The summed E-state index contributed by atoms with van der Waals surface area (Å²) in [6, 6.07) is 23.4. The van der Waals surface area contributed by atoms with Crippen molar-refractivity contribution >= 4 is 90.3 Å². The fourth-order valence-electron chi connectivity index (χ4n) is 11.6. The third-order valence-electron chi connectivity index (χ3n) is 13.7. The first-order chi connectivity index (χ1) is 31.9. The van der Waals surface area contributed by atoms with Crippen LogP contribution >= 0.6 is 23.4 Å². The summed E-state index contributed by atoms with van der Waals surface area (Å²) in [5.41, 5.74) is 2.48. The Morgan fingerprint density at radius 1 is 0.687 bits per heavy atom. The first-order valence-electron chi connectivity index (χ1n) is 23.8. The molecule has 10 rings (SSSR count). The Labute approximate surface area is 400 Å². The van der Waals surface area contributed by atoms with Crippen molar-refractivity contribution in [3.05, 3.63) is 133 Å². The van der Waals surface area contributed by atoms with Crippen LogP contribution < -0.4 is 56.9 Å². The lowest BCUT2D eigenvalue weighted by Crippen LogP contribution is -2.96. The molecule has 3 heterocycles. The van der Waals surface area contributed by atoms with Crippen molar-refractivity contribution < 1.29 is 29.8 Å². The van der Waals surface area contributed by atoms with Crippen LogP contribution in [-0.4, -0.2) is 29.4 Å². The molecule has 5 aliphatic rings. The van der Waals surface area contributed by atoms with E-state index in [1.165, 1.54) is 11.8 Å². The third kappa shape index (κ3) is 7.37. The highest BCUT2D eigenvalue weighted by molar-refractivity contribution is 8.03. The van der Waals surface area contributed by atoms with Crippen molar-refractivity contribution in [2.45, 2.75) is 104 Å². The van der Waals surface area contributed by atoms with Gasteiger partial charge in [0.25, 0.3) is 0 Å². The second-order valence-corrected chi connectivity index (χ2v) is 22.3. The van der Waals surface area contributed by atoms with Crippen molar-refractivity contribution in [2.75, 3.05) is 22.1 Å². The zero-order chi connectivity index (χ0) is 47.4. The number of nitrogens with one attached hydrogen (secondary N) is 4. The van der Waals surface area contributed by atoms with E-state index in [0.29, 0.717) is 63.3 Å². The van der Waals surface area contributed by atoms with Gasteiger partial charge in [-0.15, -0.1) is 0 Å². The molecule has 0 amide bonds. The van der Waals surface area contributed by atoms with Crippen molar-refractivity contribution in [3.63, 3.8) is 0 Å². The van der Waals surface area contributed by atoms with E-state index in [1.54, 1.807) is 6.08 Å². The monoisotopic (exact) mass is 931 g/mol. The highest BCUT2D eigenvalue weighted by Gasteiger charge is 2.44. The molecule has 344 valence electrons. The average molecular weight is 933 g/mol. The topological polar surface area (TPSA) is 136 Å². The Bertz CT molecular complexity index is 3360. The molecule has 0 unspecified atom stereocenters. The minimum absolute atomic E-state index is 0.126. The van der Waals surface area contributed by atoms with E-state index in [1.807, 2.05) is 61.5 Å². The van der Waals surface area contributed by atoms with Gasteiger partial charge < -0.3 is 25.7 Å². The number of halogens is 1. The van der Waals surface area contributed by atoms with Gasteiger partial charge in [-0.05, 0) is 83.8 Å². The standard InChI is InChI=1S/C56H58ClN5O4S/c1-10-62-40-22-34(57)17-21-41(40)67-42(62)23-38-51(63)45(52(38)64)35-19-15-33-16-20-37(50-44(33)49(35)60-56(61-50,26-30(6)7)27-31(8)9)47-53(65)46(54(47)66)36-18-14-32-12-11-13-39-43(32)48(36)59-55(58-39,24-28(2)3)25-29(4)5/h11-23,28-31,58,61,63,65H,10,24-27H2,1-9H3/b42-23-,45-35-,46-36-. The summed E-state index contributed by atoms with van der Waals surface area (Å²) >= 11 is 7.88. The molecule has 0 saturated carbocycles. The van der Waals surface area contributed by atoms with Crippen LogP contribution in [0.5, 0.6) is 0 Å². The third-order valence-corrected chi connectivity index (χ3v) is 15.0. The van der Waals surface area contributed by atoms with Crippen molar-refractivity contribution in [1.29, 1.82) is 0 Å². The molecule has 4 N–H and O–H groups in total. The number of nitrogens with zero attached hydrogens (tertiary/aromatic N) is 1. The van der Waals surface area contributed by atoms with E-state index in [4.69, 9.17) is 11.6 Å². The molecule has 3 aliphatic heterocycles. The number of carbonyl (C=O) groups excluding carboxylic acids is 2. The predicted octanol–water partition coefficient (Wildman–Crippen LogP) is 4.80. The van der Waals surface area contributed by atoms with Crippen LogP contribution in [0.1, 0.15) is 93.6 Å². The second kappa shape index (κ2) is 16.4. The number of carbonyl (C=O) groups is 2. The van der Waals surface area contributed by atoms with E-state index in [2.05, 4.69) is 99.1 Å². The van der Waals surface area contributed by atoms with Gasteiger partial charge in [0.2, 0.25) is 22.0 Å². The maximum absolute atomic E-state index is 15.0. The Morgan fingerprint density at radius 2 is 1.25 bits per heavy atom. The lowest BCUT2D eigenvalue weighted by molar-refractivity contribution is -0.589. The minimum atomic E-state index is -0.733. The zero-order valence-corrected chi connectivity index (χ0v) is 41.3. The van der Waals surface area contributed by atoms with Crippen molar-refractivity contribution in [3.8, 4) is 0 Å². The molecular formula is C56H58ClN5O4S. The summed E-state index contributed by atoms with van der Waals surface area (Å²) in [6.07, 6.45) is 4.78. The molecule has 67 heavy (non-hydrogen) atoms. The normalized spacial score (nSPS) is 20.2. The smallest absolute Gasteiger partial charge is 0.235 e. The molecule has 0 bridgehead atoms. The lowest BCUT2D eigenvalue weighted by atomic mass is 9.79. The van der Waals surface area contributed by atoms with Gasteiger partial charge in [-0.2, -0.15) is 0 Å². The van der Waals surface area contributed by atoms with E-state index in [9.17, 15) is 19.8 Å². The Kier molecular flexibility index (Phi) is 11.0. The highest BCUT2D eigenvalue weighted by Crippen LogP contribution is 2.48. The van der Waals surface area contributed by atoms with E-state index >= 15 is 0 Å². The van der Waals surface area contributed by atoms with Crippen molar-refractivity contribution in [1.82, 2.24) is 0 Å². The van der Waals surface area contributed by atoms with E-state index in [0.717, 1.165) is 61.0 Å². The molecule has 0 fully saturated rings. The molecular weight excluding hydrogens is 874 g/mol. The molecule has 11 heteroatoms. The number of anilines is 3. The molecule has 0 aromatic heterocycles. The highest BCUT2D eigenvalue weighted by atomic mass is 35.5. The summed E-state index contributed by atoms with van der Waals surface area (Å²) in [6.45, 7) is 20.2. The molecule has 0 radical (unpaired) electrons. The Morgan fingerprint density at radius 3 is 1.84 bits per heavy atom. The summed E-state index contributed by atoms with van der Waals surface area (Å²) < 4.78 is 0. The number of Topliss-reactive ketones (excluding diaryl/α,β-unsaturated/α-hetero) is 2. The molecule has 5 aromatic carbocycles. The number of hydrogen-bond donors (Lipinski definition) is 4. The molecule has 2 aliphatic carbocycles. The first-order valence-corrected chi connectivity index (χ1v) is 25.0. The van der Waals surface area contributed by atoms with Crippen LogP contribution in [-0.2, 0) is 9.59 Å². The van der Waals surface area contributed by atoms with Gasteiger partial charge in [-0.1, -0.05) is 127 Å². The quantitative estimate of drug-likeness (QED) is 0.149. The SMILES string of the molecule is CCN1/C(=C/C2=C([O-])C(=c3\ccc4ccc(C5=C([O-])/C(=c6\ccc7cccc8c7c6=[NH+]C(CC(C)C)(CC(C)C)N8)C5=O)c5c4c3=[NH+]C(CC(C)C)(CC(C)C)N5)/C2=O)Sc2ccc(Cl)cc21. The Hall–Kier alpha value is -5.84. The number of ketones is 2. The van der Waals surface area contributed by atoms with Crippen LogP contribution in [0.25, 0.3) is 38.3 Å². The average Bonchev–Trinajstić information content (AvgIpc) is 3.60. The molecule has 0 spiro atoms. The summed E-state index contributed by atoms with van der Waals surface area (Å²) in [4.78, 5) is 40.2. The van der Waals surface area contributed by atoms with Crippen LogP contribution in [0.15, 0.2) is 106 Å². The summed E-state index contributed by atoms with van der Waals surface area (Å²) in [7, 11) is 0. The van der Waals surface area contributed by atoms with E-state index < -0.39 is 11.3 Å². The van der Waals surface area contributed by atoms with Crippen LogP contribution in [0, 0.1) is 23.7 Å². The number of benzene rings is 5. The minimum Gasteiger partial charge on any atom is -0.871 e. The largest absolute Gasteiger partial charge is 0.871 e. The summed E-state index contributed by atoms with van der Waals surface area (Å²) in [5.74, 6) is -0.00748. The maximum Gasteiger partial charge on any atom is 0.235 e. The first kappa shape index (κ1) is 45.0. The second-order valence-electron chi connectivity index (χ2n) is 20.8. The number of rotatable bonds is 11. The maximum atomic E-state index is 15.0. The van der Waals surface area contributed by atoms with Crippen molar-refractivity contribution in [2.24, 2.45) is 23.7 Å². The van der Waals surface area contributed by atoms with Gasteiger partial charge in [0.1, 0.15) is 0 Å². The Balaban J connectivity index is 1.19. The van der Waals surface area contributed by atoms with Gasteiger partial charge in [-0.25, -0.2) is 9.98 Å². The lowest BCUT2D eigenvalue weighted by Gasteiger charge is -2.37. The number of hydrogen-bond acceptors (Lipinski definition) is 8. The molecule has 0 saturated heterocycles.